The van der Waals surface area contributed by atoms with Gasteiger partial charge in [0.25, 0.3) is 0 Å². The third-order valence-electron chi connectivity index (χ3n) is 2.62. The molecule has 0 fully saturated rings. The van der Waals surface area contributed by atoms with Gasteiger partial charge in [0.1, 0.15) is 17.2 Å². The van der Waals surface area contributed by atoms with E-state index >= 15 is 0 Å². The molecule has 3 aromatic carbocycles. The molecule has 26 heavy (non-hydrogen) atoms. The van der Waals surface area contributed by atoms with Crippen LogP contribution in [-0.4, -0.2) is 15.3 Å². The molecule has 0 amide bonds. The van der Waals surface area contributed by atoms with Crippen molar-refractivity contribution in [3.8, 4) is 17.2 Å². The van der Waals surface area contributed by atoms with Crippen molar-refractivity contribution in [1.82, 2.24) is 0 Å². The molecule has 3 N–H and O–H groups in total. The number of phenolic OH excluding ortho intramolecular Hbond substituents is 3. The van der Waals surface area contributed by atoms with Gasteiger partial charge in [-0.15, -0.1) is 0 Å². The summed E-state index contributed by atoms with van der Waals surface area (Å²) >= 11 is 0. The Labute approximate surface area is 171 Å². The second-order valence-corrected chi connectivity index (χ2v) is 4.86. The number of aromatic hydroxyl groups is 3. The van der Waals surface area contributed by atoms with E-state index < -0.39 is 0 Å². The number of para-hydroxylation sites is 3. The van der Waals surface area contributed by atoms with Crippen LogP contribution in [0.2, 0.25) is 0 Å². The van der Waals surface area contributed by atoms with Crippen molar-refractivity contribution in [2.45, 2.75) is 19.8 Å². The maximum absolute atomic E-state index is 8.63. The fraction of sp³-hybridized carbons (Fsp3) is 0.136. The number of rotatable bonds is 1. The molecule has 0 spiro atoms. The molecule has 138 valence electrons. The summed E-state index contributed by atoms with van der Waals surface area (Å²) in [5.41, 5.74) is 0. The van der Waals surface area contributed by atoms with Crippen LogP contribution < -0.4 is 0 Å². The Morgan fingerprint density at radius 3 is 0.846 bits per heavy atom. The van der Waals surface area contributed by atoms with Crippen molar-refractivity contribution < 1.29 is 37.0 Å². The van der Waals surface area contributed by atoms with Crippen LogP contribution in [0.4, 0.5) is 0 Å². The molecule has 4 heteroatoms. The van der Waals surface area contributed by atoms with E-state index in [2.05, 4.69) is 13.8 Å². The molecule has 0 aliphatic carbocycles. The molecule has 0 saturated heterocycles. The normalized spacial score (nSPS) is 8.08. The van der Waals surface area contributed by atoms with E-state index in [9.17, 15) is 0 Å². The van der Waals surface area contributed by atoms with Crippen LogP contribution in [0.1, 0.15) is 19.8 Å². The van der Waals surface area contributed by atoms with Gasteiger partial charge in [0.05, 0.1) is 0 Å². The standard InChI is InChI=1S/3C6H6O.C4H9.Ti/c3*7-6-4-2-1-3-5-6;1-3-4-2;/h3*1-5,7H;1,3-4H2,2H3;/q;;;-1;. The second-order valence-electron chi connectivity index (χ2n) is 4.86. The summed E-state index contributed by atoms with van der Waals surface area (Å²) in [5.74, 6) is 0.965. The number of hydrogen-bond acceptors (Lipinski definition) is 3. The smallest absolute Gasteiger partial charge is 0.115 e. The van der Waals surface area contributed by atoms with Gasteiger partial charge in [-0.25, -0.2) is 0 Å². The SMILES string of the molecule is Oc1ccccc1.Oc1ccccc1.Oc1ccccc1.[CH2-]CCC.[Ti]. The van der Waals surface area contributed by atoms with Crippen molar-refractivity contribution in [3.63, 3.8) is 0 Å². The molecule has 0 radical (unpaired) electrons. The minimum atomic E-state index is 0. The second kappa shape index (κ2) is 19.1. The first kappa shape index (κ1) is 26.0. The average molecular weight is 387 g/mol. The Bertz CT molecular complexity index is 526. The van der Waals surface area contributed by atoms with Crippen LogP contribution >= 0.6 is 0 Å². The molecule has 0 aromatic heterocycles. The van der Waals surface area contributed by atoms with E-state index in [4.69, 9.17) is 15.3 Å². The van der Waals surface area contributed by atoms with E-state index in [0.29, 0.717) is 17.2 Å². The van der Waals surface area contributed by atoms with Gasteiger partial charge in [-0.3, -0.25) is 0 Å². The van der Waals surface area contributed by atoms with Crippen LogP contribution in [0.5, 0.6) is 17.2 Å². The molecule has 0 bridgehead atoms. The van der Waals surface area contributed by atoms with Gasteiger partial charge in [-0.2, -0.15) is 6.42 Å². The largest absolute Gasteiger partial charge is 0.508 e. The topological polar surface area (TPSA) is 60.7 Å². The van der Waals surface area contributed by atoms with E-state index in [-0.39, 0.29) is 21.7 Å². The number of phenols is 3. The Morgan fingerprint density at radius 1 is 0.577 bits per heavy atom. The minimum Gasteiger partial charge on any atom is -0.508 e. The molecule has 3 nitrogen and oxygen atoms in total. The van der Waals surface area contributed by atoms with Crippen LogP contribution in [0, 0.1) is 6.92 Å². The molecule has 0 atom stereocenters. The predicted octanol–water partition coefficient (Wildman–Crippen LogP) is 5.79. The zero-order valence-electron chi connectivity index (χ0n) is 15.1. The van der Waals surface area contributed by atoms with Crippen LogP contribution in [0.15, 0.2) is 91.0 Å². The monoisotopic (exact) mass is 387 g/mol. The van der Waals surface area contributed by atoms with Crippen molar-refractivity contribution in [2.75, 3.05) is 0 Å². The van der Waals surface area contributed by atoms with Crippen LogP contribution in [0.25, 0.3) is 0 Å². The van der Waals surface area contributed by atoms with Gasteiger partial charge >= 0.3 is 0 Å². The zero-order valence-corrected chi connectivity index (χ0v) is 16.7. The summed E-state index contributed by atoms with van der Waals surface area (Å²) in [6, 6.07) is 26.1. The summed E-state index contributed by atoms with van der Waals surface area (Å²) in [4.78, 5) is 0. The number of benzene rings is 3. The Balaban J connectivity index is 0. The first-order chi connectivity index (χ1) is 12.1. The summed E-state index contributed by atoms with van der Waals surface area (Å²) in [6.07, 6.45) is 2.28. The van der Waals surface area contributed by atoms with Gasteiger partial charge in [0.2, 0.25) is 0 Å². The average Bonchev–Trinajstić information content (AvgIpc) is 2.65. The predicted molar refractivity (Wildman–Crippen MR) is 105 cm³/mol. The van der Waals surface area contributed by atoms with E-state index in [1.807, 2.05) is 18.2 Å². The molecule has 3 rings (SSSR count). The minimum absolute atomic E-state index is 0. The van der Waals surface area contributed by atoms with Crippen molar-refractivity contribution in [1.29, 1.82) is 0 Å². The molecule has 0 aliphatic rings. The van der Waals surface area contributed by atoms with Gasteiger partial charge in [0, 0.05) is 21.7 Å². The number of hydrogen-bond donors (Lipinski definition) is 3. The van der Waals surface area contributed by atoms with Crippen molar-refractivity contribution >= 4 is 0 Å². The fourth-order valence-corrected chi connectivity index (χ4v) is 1.28. The van der Waals surface area contributed by atoms with Gasteiger partial charge in [-0.05, 0) is 36.4 Å². The Hall–Kier alpha value is -2.23. The van der Waals surface area contributed by atoms with Gasteiger partial charge < -0.3 is 22.2 Å². The van der Waals surface area contributed by atoms with Crippen molar-refractivity contribution in [3.05, 3.63) is 97.9 Å². The molecular formula is C22H27O3Ti-. The Kier molecular flexibility index (Phi) is 19.1. The van der Waals surface area contributed by atoms with E-state index in [0.717, 1.165) is 6.42 Å². The molecule has 0 saturated carbocycles. The summed E-state index contributed by atoms with van der Waals surface area (Å²) < 4.78 is 0. The van der Waals surface area contributed by atoms with Gasteiger partial charge in [0.15, 0.2) is 0 Å². The summed E-state index contributed by atoms with van der Waals surface area (Å²) in [5, 5.41) is 25.9. The maximum atomic E-state index is 8.63. The zero-order chi connectivity index (χ0) is 18.8. The van der Waals surface area contributed by atoms with E-state index in [1.165, 1.54) is 6.42 Å². The maximum Gasteiger partial charge on any atom is 0.115 e. The molecule has 0 unspecified atom stereocenters. The van der Waals surface area contributed by atoms with Crippen LogP contribution in [0.3, 0.4) is 0 Å². The summed E-state index contributed by atoms with van der Waals surface area (Å²) in [7, 11) is 0. The quantitative estimate of drug-likeness (QED) is 0.366. The molecule has 0 heterocycles. The van der Waals surface area contributed by atoms with Crippen molar-refractivity contribution in [2.24, 2.45) is 0 Å². The fourth-order valence-electron chi connectivity index (χ4n) is 1.28. The summed E-state index contributed by atoms with van der Waals surface area (Å²) in [6.45, 7) is 5.72. The van der Waals surface area contributed by atoms with Gasteiger partial charge in [-0.1, -0.05) is 67.9 Å². The third-order valence-corrected chi connectivity index (χ3v) is 2.62. The number of unbranched alkanes of at least 4 members (excludes halogenated alkanes) is 1. The van der Waals surface area contributed by atoms with Crippen LogP contribution in [-0.2, 0) is 21.7 Å². The Morgan fingerprint density at radius 2 is 0.769 bits per heavy atom. The molecule has 0 aliphatic heterocycles. The van der Waals surface area contributed by atoms with E-state index in [1.54, 1.807) is 72.8 Å². The molecular weight excluding hydrogens is 360 g/mol. The first-order valence-corrected chi connectivity index (χ1v) is 8.11. The first-order valence-electron chi connectivity index (χ1n) is 8.11. The third kappa shape index (κ3) is 18.1. The molecule has 3 aromatic rings.